The van der Waals surface area contributed by atoms with E-state index in [1.807, 2.05) is 6.92 Å². The summed E-state index contributed by atoms with van der Waals surface area (Å²) in [5, 5.41) is 3.81. The summed E-state index contributed by atoms with van der Waals surface area (Å²) >= 11 is 0. The van der Waals surface area contributed by atoms with Crippen molar-refractivity contribution in [1.82, 2.24) is 10.1 Å². The van der Waals surface area contributed by atoms with Gasteiger partial charge in [0.1, 0.15) is 5.82 Å². The number of aromatic nitrogens is 2. The van der Waals surface area contributed by atoms with Crippen molar-refractivity contribution in [3.63, 3.8) is 0 Å². The summed E-state index contributed by atoms with van der Waals surface area (Å²) in [5.41, 5.74) is 6.53. The second-order valence-corrected chi connectivity index (χ2v) is 3.50. The summed E-state index contributed by atoms with van der Waals surface area (Å²) in [6, 6.07) is 4.09. The second-order valence-electron chi connectivity index (χ2n) is 3.50. The highest BCUT2D eigenvalue weighted by atomic mass is 19.1. The third kappa shape index (κ3) is 2.03. The summed E-state index contributed by atoms with van der Waals surface area (Å²) in [5.74, 6) is 0.594. The van der Waals surface area contributed by atoms with Crippen LogP contribution in [0.3, 0.4) is 0 Å². The average Bonchev–Trinajstić information content (AvgIpc) is 2.67. The highest BCUT2D eigenvalue weighted by Gasteiger charge is 2.11. The molecule has 0 bridgehead atoms. The van der Waals surface area contributed by atoms with Gasteiger partial charge in [-0.05, 0) is 24.6 Å². The van der Waals surface area contributed by atoms with Crippen molar-refractivity contribution >= 4 is 5.69 Å². The first kappa shape index (κ1) is 10.6. The zero-order valence-electron chi connectivity index (χ0n) is 8.90. The lowest BCUT2D eigenvalue weighted by molar-refractivity contribution is 0.422. The van der Waals surface area contributed by atoms with Crippen molar-refractivity contribution in [2.24, 2.45) is 0 Å². The molecule has 2 rings (SSSR count). The van der Waals surface area contributed by atoms with Gasteiger partial charge in [-0.1, -0.05) is 12.1 Å². The van der Waals surface area contributed by atoms with Crippen LogP contribution in [0.4, 0.5) is 10.1 Å². The molecule has 84 valence electrons. The number of anilines is 1. The van der Waals surface area contributed by atoms with E-state index < -0.39 is 0 Å². The minimum Gasteiger partial charge on any atom is -0.398 e. The Bertz CT molecular complexity index is 496. The second kappa shape index (κ2) is 4.30. The molecule has 0 radical (unpaired) electrons. The molecule has 0 spiro atoms. The molecule has 1 aromatic carbocycles. The molecule has 2 N–H and O–H groups in total. The Balaban J connectivity index is 2.35. The topological polar surface area (TPSA) is 64.9 Å². The van der Waals surface area contributed by atoms with Crippen molar-refractivity contribution in [2.45, 2.75) is 19.8 Å². The number of halogens is 1. The number of nitrogens with two attached hydrogens (primary N) is 1. The van der Waals surface area contributed by atoms with Crippen LogP contribution in [0, 0.1) is 5.82 Å². The van der Waals surface area contributed by atoms with E-state index in [2.05, 4.69) is 10.1 Å². The summed E-state index contributed by atoms with van der Waals surface area (Å²) in [4.78, 5) is 4.18. The van der Waals surface area contributed by atoms with Gasteiger partial charge in [0.2, 0.25) is 0 Å². The molecular formula is C11H12FN3O. The molecule has 1 heterocycles. The fraction of sp³-hybridized carbons (Fsp3) is 0.273. The van der Waals surface area contributed by atoms with Gasteiger partial charge < -0.3 is 10.3 Å². The van der Waals surface area contributed by atoms with Crippen LogP contribution in [0.2, 0.25) is 0 Å². The number of nitrogens with zero attached hydrogens (tertiary/aromatic N) is 2. The quantitative estimate of drug-likeness (QED) is 0.808. The maximum absolute atomic E-state index is 12.8. The maximum Gasteiger partial charge on any atom is 0.260 e. The number of nitrogen functional groups attached to an aromatic ring is 1. The Kier molecular flexibility index (Phi) is 2.85. The van der Waals surface area contributed by atoms with E-state index in [0.717, 1.165) is 12.8 Å². The third-order valence-corrected chi connectivity index (χ3v) is 2.19. The van der Waals surface area contributed by atoms with E-state index in [-0.39, 0.29) is 5.82 Å². The standard InChI is InChI=1S/C11H12FN3O/c1-2-3-10-14-11(16-15-10)8-5-4-7(12)6-9(8)13/h4-6H,2-3,13H2,1H3. The smallest absolute Gasteiger partial charge is 0.260 e. The van der Waals surface area contributed by atoms with Gasteiger partial charge in [0, 0.05) is 12.1 Å². The van der Waals surface area contributed by atoms with E-state index in [1.54, 1.807) is 0 Å². The SMILES string of the molecule is CCCc1noc(-c2ccc(F)cc2N)n1. The van der Waals surface area contributed by atoms with Gasteiger partial charge in [-0.25, -0.2) is 4.39 Å². The van der Waals surface area contributed by atoms with Crippen molar-refractivity contribution in [3.05, 3.63) is 29.8 Å². The Morgan fingerprint density at radius 3 is 2.94 bits per heavy atom. The molecule has 0 aliphatic rings. The molecule has 0 aliphatic heterocycles. The van der Waals surface area contributed by atoms with E-state index >= 15 is 0 Å². The molecular weight excluding hydrogens is 209 g/mol. The van der Waals surface area contributed by atoms with Crippen LogP contribution in [0.1, 0.15) is 19.2 Å². The molecule has 2 aromatic rings. The molecule has 0 atom stereocenters. The van der Waals surface area contributed by atoms with Gasteiger partial charge in [0.25, 0.3) is 5.89 Å². The maximum atomic E-state index is 12.8. The zero-order valence-corrected chi connectivity index (χ0v) is 8.90. The zero-order chi connectivity index (χ0) is 11.5. The first-order valence-corrected chi connectivity index (χ1v) is 5.08. The van der Waals surface area contributed by atoms with Crippen LogP contribution in [-0.4, -0.2) is 10.1 Å². The summed E-state index contributed by atoms with van der Waals surface area (Å²) in [6.07, 6.45) is 1.70. The van der Waals surface area contributed by atoms with Gasteiger partial charge in [-0.3, -0.25) is 0 Å². The molecule has 0 saturated heterocycles. The van der Waals surface area contributed by atoms with E-state index in [0.29, 0.717) is 23.0 Å². The molecule has 0 unspecified atom stereocenters. The van der Waals surface area contributed by atoms with Gasteiger partial charge in [-0.2, -0.15) is 4.98 Å². The first-order valence-electron chi connectivity index (χ1n) is 5.08. The molecule has 16 heavy (non-hydrogen) atoms. The largest absolute Gasteiger partial charge is 0.398 e. The van der Waals surface area contributed by atoms with Crippen LogP contribution < -0.4 is 5.73 Å². The lowest BCUT2D eigenvalue weighted by Gasteiger charge is -1.99. The predicted octanol–water partition coefficient (Wildman–Crippen LogP) is 2.41. The highest BCUT2D eigenvalue weighted by molar-refractivity contribution is 5.70. The number of hydrogen-bond donors (Lipinski definition) is 1. The Hall–Kier alpha value is -1.91. The van der Waals surface area contributed by atoms with Crippen molar-refractivity contribution in [3.8, 4) is 11.5 Å². The fourth-order valence-corrected chi connectivity index (χ4v) is 1.42. The summed E-state index contributed by atoms with van der Waals surface area (Å²) in [7, 11) is 0. The van der Waals surface area contributed by atoms with Crippen LogP contribution in [0.25, 0.3) is 11.5 Å². The summed E-state index contributed by atoms with van der Waals surface area (Å²) < 4.78 is 17.9. The molecule has 0 aliphatic carbocycles. The van der Waals surface area contributed by atoms with Crippen LogP contribution in [0.15, 0.2) is 22.7 Å². The monoisotopic (exact) mass is 221 g/mol. The Morgan fingerprint density at radius 1 is 1.44 bits per heavy atom. The van der Waals surface area contributed by atoms with Gasteiger partial charge in [0.15, 0.2) is 5.82 Å². The minimum absolute atomic E-state index is 0.298. The van der Waals surface area contributed by atoms with Crippen molar-refractivity contribution in [2.75, 3.05) is 5.73 Å². The number of rotatable bonds is 3. The molecule has 4 nitrogen and oxygen atoms in total. The molecule has 1 aromatic heterocycles. The average molecular weight is 221 g/mol. The normalized spacial score (nSPS) is 10.6. The Labute approximate surface area is 92.3 Å². The predicted molar refractivity (Wildman–Crippen MR) is 58.1 cm³/mol. The number of benzene rings is 1. The number of hydrogen-bond acceptors (Lipinski definition) is 4. The first-order chi connectivity index (χ1) is 7.70. The Morgan fingerprint density at radius 2 is 2.25 bits per heavy atom. The molecule has 0 fully saturated rings. The highest BCUT2D eigenvalue weighted by Crippen LogP contribution is 2.24. The summed E-state index contributed by atoms with van der Waals surface area (Å²) in [6.45, 7) is 2.03. The molecule has 5 heteroatoms. The van der Waals surface area contributed by atoms with E-state index in [1.165, 1.54) is 18.2 Å². The van der Waals surface area contributed by atoms with Crippen LogP contribution >= 0.6 is 0 Å². The lowest BCUT2D eigenvalue weighted by Crippen LogP contribution is -1.92. The third-order valence-electron chi connectivity index (χ3n) is 2.19. The fourth-order valence-electron chi connectivity index (χ4n) is 1.42. The number of aryl methyl sites for hydroxylation is 1. The minimum atomic E-state index is -0.380. The van der Waals surface area contributed by atoms with Gasteiger partial charge >= 0.3 is 0 Å². The van der Waals surface area contributed by atoms with Crippen LogP contribution in [-0.2, 0) is 6.42 Å². The van der Waals surface area contributed by atoms with E-state index in [4.69, 9.17) is 10.3 Å². The molecule has 0 saturated carbocycles. The van der Waals surface area contributed by atoms with Gasteiger partial charge in [-0.15, -0.1) is 0 Å². The van der Waals surface area contributed by atoms with Crippen molar-refractivity contribution < 1.29 is 8.91 Å². The van der Waals surface area contributed by atoms with Crippen molar-refractivity contribution in [1.29, 1.82) is 0 Å². The van der Waals surface area contributed by atoms with E-state index in [9.17, 15) is 4.39 Å². The lowest BCUT2D eigenvalue weighted by atomic mass is 10.2. The van der Waals surface area contributed by atoms with Crippen LogP contribution in [0.5, 0.6) is 0 Å². The van der Waals surface area contributed by atoms with Gasteiger partial charge in [0.05, 0.1) is 5.56 Å². The molecule has 0 amide bonds.